The number of sulfonamides is 1. The normalized spacial score (nSPS) is 11.8. The molecule has 0 aliphatic carbocycles. The van der Waals surface area contributed by atoms with Crippen LogP contribution in [0.15, 0.2) is 4.34 Å². The Kier molecular flexibility index (Phi) is 4.11. The first-order chi connectivity index (χ1) is 6.56. The lowest BCUT2D eigenvalue weighted by molar-refractivity contribution is 0.582. The number of nitrogen functional groups attached to an aromatic ring is 1. The number of thioether (sulfide) groups is 1. The molecule has 1 aromatic heterocycles. The predicted molar refractivity (Wildman–Crippen MR) is 57.9 cm³/mol. The van der Waals surface area contributed by atoms with E-state index in [1.807, 2.05) is 6.26 Å². The molecule has 1 rings (SSSR count). The topological polar surface area (TPSA) is 98.0 Å². The van der Waals surface area contributed by atoms with Crippen molar-refractivity contribution in [3.05, 3.63) is 0 Å². The van der Waals surface area contributed by atoms with E-state index in [9.17, 15) is 8.42 Å². The fraction of sp³-hybridized carbons (Fsp3) is 0.600. The SMILES string of the molecule is CSCCNS(=O)(=O)c1nnc(N)s1. The molecule has 0 aliphatic rings. The number of aromatic nitrogens is 2. The van der Waals surface area contributed by atoms with Crippen molar-refractivity contribution >= 4 is 38.3 Å². The molecule has 14 heavy (non-hydrogen) atoms. The first-order valence-corrected chi connectivity index (χ1v) is 7.33. The molecule has 0 unspecified atom stereocenters. The zero-order chi connectivity index (χ0) is 10.6. The lowest BCUT2D eigenvalue weighted by Crippen LogP contribution is -2.25. The third-order valence-corrected chi connectivity index (χ3v) is 4.44. The lowest BCUT2D eigenvalue weighted by atomic mass is 10.8. The first kappa shape index (κ1) is 11.7. The van der Waals surface area contributed by atoms with Crippen LogP contribution < -0.4 is 10.5 Å². The van der Waals surface area contributed by atoms with Gasteiger partial charge < -0.3 is 5.73 Å². The van der Waals surface area contributed by atoms with Gasteiger partial charge in [0.05, 0.1) is 0 Å². The van der Waals surface area contributed by atoms with Crippen LogP contribution in [-0.4, -0.2) is 37.2 Å². The summed E-state index contributed by atoms with van der Waals surface area (Å²) >= 11 is 2.41. The number of anilines is 1. The Morgan fingerprint density at radius 2 is 2.29 bits per heavy atom. The highest BCUT2D eigenvalue weighted by Gasteiger charge is 2.18. The van der Waals surface area contributed by atoms with E-state index in [1.54, 1.807) is 11.8 Å². The third kappa shape index (κ3) is 3.08. The summed E-state index contributed by atoms with van der Waals surface area (Å²) in [5.74, 6) is 0.716. The summed E-state index contributed by atoms with van der Waals surface area (Å²) in [6.45, 7) is 0.378. The van der Waals surface area contributed by atoms with E-state index >= 15 is 0 Å². The molecule has 6 nitrogen and oxygen atoms in total. The van der Waals surface area contributed by atoms with E-state index < -0.39 is 10.0 Å². The van der Waals surface area contributed by atoms with Gasteiger partial charge in [-0.05, 0) is 6.26 Å². The van der Waals surface area contributed by atoms with Crippen molar-refractivity contribution in [2.24, 2.45) is 0 Å². The van der Waals surface area contributed by atoms with Crippen LogP contribution in [0.25, 0.3) is 0 Å². The Balaban J connectivity index is 2.66. The smallest absolute Gasteiger partial charge is 0.269 e. The molecule has 0 aromatic carbocycles. The largest absolute Gasteiger partial charge is 0.374 e. The molecule has 1 heterocycles. The molecule has 0 spiro atoms. The van der Waals surface area contributed by atoms with E-state index in [1.165, 1.54) is 0 Å². The van der Waals surface area contributed by atoms with Crippen LogP contribution in [0.2, 0.25) is 0 Å². The third-order valence-electron chi connectivity index (χ3n) is 1.25. The number of nitrogens with two attached hydrogens (primary N) is 1. The standard InChI is InChI=1S/C5H10N4O2S3/c1-12-3-2-7-14(10,11)5-9-8-4(6)13-5/h7H,2-3H2,1H3,(H2,6,8). The van der Waals surface area contributed by atoms with Crippen LogP contribution in [0.4, 0.5) is 5.13 Å². The van der Waals surface area contributed by atoms with Crippen molar-refractivity contribution in [2.45, 2.75) is 4.34 Å². The number of rotatable bonds is 5. The van der Waals surface area contributed by atoms with Crippen LogP contribution >= 0.6 is 23.1 Å². The summed E-state index contributed by atoms with van der Waals surface area (Å²) in [6.07, 6.45) is 1.90. The van der Waals surface area contributed by atoms with Crippen molar-refractivity contribution in [1.82, 2.24) is 14.9 Å². The Morgan fingerprint density at radius 1 is 1.57 bits per heavy atom. The highest BCUT2D eigenvalue weighted by molar-refractivity contribution is 7.98. The fourth-order valence-electron chi connectivity index (χ4n) is 0.669. The fourth-order valence-corrected chi connectivity index (χ4v) is 2.96. The van der Waals surface area contributed by atoms with Gasteiger partial charge >= 0.3 is 0 Å². The van der Waals surface area contributed by atoms with E-state index in [0.717, 1.165) is 11.3 Å². The van der Waals surface area contributed by atoms with Crippen LogP contribution in [0, 0.1) is 0 Å². The number of hydrogen-bond acceptors (Lipinski definition) is 7. The van der Waals surface area contributed by atoms with Gasteiger partial charge in [0.1, 0.15) is 0 Å². The molecule has 1 aromatic rings. The average Bonchev–Trinajstić information content (AvgIpc) is 2.53. The van der Waals surface area contributed by atoms with Crippen LogP contribution in [-0.2, 0) is 10.0 Å². The van der Waals surface area contributed by atoms with Crippen LogP contribution in [0.5, 0.6) is 0 Å². The summed E-state index contributed by atoms with van der Waals surface area (Å²) in [5.41, 5.74) is 5.28. The molecule has 9 heteroatoms. The molecule has 0 saturated carbocycles. The maximum absolute atomic E-state index is 11.5. The maximum Gasteiger partial charge on any atom is 0.269 e. The molecule has 0 radical (unpaired) electrons. The van der Waals surface area contributed by atoms with Crippen molar-refractivity contribution in [1.29, 1.82) is 0 Å². The molecule has 0 atom stereocenters. The molecule has 80 valence electrons. The van der Waals surface area contributed by atoms with Gasteiger partial charge in [-0.1, -0.05) is 11.3 Å². The summed E-state index contributed by atoms with van der Waals surface area (Å²) in [7, 11) is -3.51. The van der Waals surface area contributed by atoms with Gasteiger partial charge in [0, 0.05) is 12.3 Å². The number of nitrogens with zero attached hydrogens (tertiary/aromatic N) is 2. The van der Waals surface area contributed by atoms with Gasteiger partial charge in [0.2, 0.25) is 9.47 Å². The second-order valence-electron chi connectivity index (χ2n) is 2.30. The summed E-state index contributed by atoms with van der Waals surface area (Å²) in [6, 6.07) is 0. The van der Waals surface area contributed by atoms with Gasteiger partial charge in [-0.3, -0.25) is 0 Å². The molecule has 0 bridgehead atoms. The first-order valence-electron chi connectivity index (χ1n) is 3.64. The second-order valence-corrected chi connectivity index (χ2v) is 6.23. The Bertz CT molecular complexity index is 387. The Morgan fingerprint density at radius 3 is 2.79 bits per heavy atom. The summed E-state index contributed by atoms with van der Waals surface area (Å²) < 4.78 is 25.2. The molecular weight excluding hydrogens is 244 g/mol. The van der Waals surface area contributed by atoms with Gasteiger partial charge in [-0.15, -0.1) is 10.2 Å². The maximum atomic E-state index is 11.5. The van der Waals surface area contributed by atoms with E-state index in [2.05, 4.69) is 14.9 Å². The monoisotopic (exact) mass is 254 g/mol. The number of hydrogen-bond donors (Lipinski definition) is 2. The molecular formula is C5H10N4O2S3. The minimum Gasteiger partial charge on any atom is -0.374 e. The Labute approximate surface area is 90.3 Å². The highest BCUT2D eigenvalue weighted by atomic mass is 32.2. The van der Waals surface area contributed by atoms with Crippen molar-refractivity contribution in [2.75, 3.05) is 24.3 Å². The molecule has 0 fully saturated rings. The van der Waals surface area contributed by atoms with E-state index in [4.69, 9.17) is 5.73 Å². The van der Waals surface area contributed by atoms with E-state index in [-0.39, 0.29) is 9.47 Å². The summed E-state index contributed by atoms with van der Waals surface area (Å²) in [5, 5.41) is 7.03. The van der Waals surface area contributed by atoms with E-state index in [0.29, 0.717) is 12.3 Å². The van der Waals surface area contributed by atoms with Crippen molar-refractivity contribution in [3.63, 3.8) is 0 Å². The summed E-state index contributed by atoms with van der Waals surface area (Å²) in [4.78, 5) is 0. The van der Waals surface area contributed by atoms with Crippen LogP contribution in [0.1, 0.15) is 0 Å². The highest BCUT2D eigenvalue weighted by Crippen LogP contribution is 2.16. The van der Waals surface area contributed by atoms with Crippen molar-refractivity contribution in [3.8, 4) is 0 Å². The van der Waals surface area contributed by atoms with Crippen LogP contribution in [0.3, 0.4) is 0 Å². The molecule has 0 aliphatic heterocycles. The average molecular weight is 254 g/mol. The van der Waals surface area contributed by atoms with Gasteiger partial charge in [0.15, 0.2) is 0 Å². The van der Waals surface area contributed by atoms with Crippen molar-refractivity contribution < 1.29 is 8.42 Å². The van der Waals surface area contributed by atoms with Gasteiger partial charge in [0.25, 0.3) is 10.0 Å². The van der Waals surface area contributed by atoms with Gasteiger partial charge in [-0.25, -0.2) is 13.1 Å². The molecule has 0 saturated heterocycles. The number of nitrogens with one attached hydrogen (secondary N) is 1. The Hall–Kier alpha value is -0.380. The molecule has 3 N–H and O–H groups in total. The predicted octanol–water partition coefficient (Wildman–Crippen LogP) is -0.238. The quantitative estimate of drug-likeness (QED) is 0.704. The zero-order valence-electron chi connectivity index (χ0n) is 7.43. The molecule has 0 amide bonds. The second kappa shape index (κ2) is 4.91. The van der Waals surface area contributed by atoms with Gasteiger partial charge in [-0.2, -0.15) is 11.8 Å². The zero-order valence-corrected chi connectivity index (χ0v) is 9.88. The minimum absolute atomic E-state index is 0.0869. The minimum atomic E-state index is -3.51. The lowest BCUT2D eigenvalue weighted by Gasteiger charge is -2.00.